The summed E-state index contributed by atoms with van der Waals surface area (Å²) in [6, 6.07) is 22.5. The van der Waals surface area contributed by atoms with E-state index in [-0.39, 0.29) is 35.0 Å². The highest BCUT2D eigenvalue weighted by molar-refractivity contribution is 5.95. The van der Waals surface area contributed by atoms with E-state index in [0.29, 0.717) is 68.0 Å². The second kappa shape index (κ2) is 16.7. The maximum atomic E-state index is 12.5. The van der Waals surface area contributed by atoms with Gasteiger partial charge < -0.3 is 41.2 Å². The Balaban J connectivity index is 1.26. The van der Waals surface area contributed by atoms with Gasteiger partial charge in [-0.05, 0) is 81.4 Å². The summed E-state index contributed by atoms with van der Waals surface area (Å²) in [6.45, 7) is 8.14. The van der Waals surface area contributed by atoms with Crippen LogP contribution in [-0.2, 0) is 9.47 Å². The summed E-state index contributed by atoms with van der Waals surface area (Å²) < 4.78 is 11.2. The first kappa shape index (κ1) is 33.6. The van der Waals surface area contributed by atoms with Crippen molar-refractivity contribution in [1.82, 2.24) is 25.6 Å². The molecule has 13 nitrogen and oxygen atoms in total. The zero-order chi connectivity index (χ0) is 32.8. The molecular formula is C33H40N8O5. The maximum Gasteiger partial charge on any atom is 0.251 e. The van der Waals surface area contributed by atoms with E-state index in [1.54, 1.807) is 60.7 Å². The highest BCUT2D eigenvalue weighted by atomic mass is 16.5. The number of hydrogen-bond acceptors (Lipinski definition) is 11. The first-order valence-corrected chi connectivity index (χ1v) is 14.9. The van der Waals surface area contributed by atoms with Crippen LogP contribution in [0.25, 0.3) is 0 Å². The van der Waals surface area contributed by atoms with E-state index < -0.39 is 0 Å². The lowest BCUT2D eigenvalue weighted by Crippen LogP contribution is -2.40. The number of amides is 2. The predicted octanol–water partition coefficient (Wildman–Crippen LogP) is 4.47. The fourth-order valence-electron chi connectivity index (χ4n) is 3.97. The molecule has 4 aromatic rings. The molecule has 0 saturated carbocycles. The van der Waals surface area contributed by atoms with Crippen molar-refractivity contribution in [1.29, 1.82) is 0 Å². The number of aromatic hydroxyl groups is 1. The molecule has 0 atom stereocenters. The Labute approximate surface area is 268 Å². The quantitative estimate of drug-likeness (QED) is 0.0764. The summed E-state index contributed by atoms with van der Waals surface area (Å²) >= 11 is 0. The molecule has 4 rings (SSSR count). The van der Waals surface area contributed by atoms with Crippen molar-refractivity contribution in [3.8, 4) is 5.75 Å². The van der Waals surface area contributed by atoms with Crippen molar-refractivity contribution in [2.24, 2.45) is 0 Å². The Morgan fingerprint density at radius 2 is 1.17 bits per heavy atom. The lowest BCUT2D eigenvalue weighted by atomic mass is 10.1. The monoisotopic (exact) mass is 628 g/mol. The number of carbonyl (C=O) groups excluding carboxylic acids is 2. The Morgan fingerprint density at radius 1 is 0.652 bits per heavy atom. The topological polar surface area (TPSA) is 172 Å². The van der Waals surface area contributed by atoms with Gasteiger partial charge >= 0.3 is 0 Å². The molecule has 0 unspecified atom stereocenters. The van der Waals surface area contributed by atoms with Gasteiger partial charge in [0, 0.05) is 41.1 Å². The molecule has 13 heteroatoms. The fourth-order valence-corrected chi connectivity index (χ4v) is 3.97. The molecule has 0 saturated heterocycles. The zero-order valence-electron chi connectivity index (χ0n) is 26.2. The maximum absolute atomic E-state index is 12.5. The molecule has 3 aromatic carbocycles. The van der Waals surface area contributed by atoms with Crippen LogP contribution in [0, 0.1) is 0 Å². The van der Waals surface area contributed by atoms with Gasteiger partial charge in [0.1, 0.15) is 5.75 Å². The molecule has 0 bridgehead atoms. The molecular weight excluding hydrogens is 588 g/mol. The van der Waals surface area contributed by atoms with Gasteiger partial charge in [-0.25, -0.2) is 0 Å². The van der Waals surface area contributed by atoms with Crippen molar-refractivity contribution in [3.63, 3.8) is 0 Å². The number of ether oxygens (including phenoxy) is 2. The van der Waals surface area contributed by atoms with Gasteiger partial charge in [0.25, 0.3) is 11.8 Å². The normalized spacial score (nSPS) is 11.0. The minimum Gasteiger partial charge on any atom is -0.508 e. The van der Waals surface area contributed by atoms with E-state index in [0.717, 1.165) is 0 Å². The number of benzene rings is 3. The van der Waals surface area contributed by atoms with Gasteiger partial charge in [-0.1, -0.05) is 18.2 Å². The van der Waals surface area contributed by atoms with E-state index in [1.807, 2.05) is 39.0 Å². The second-order valence-electron chi connectivity index (χ2n) is 11.2. The van der Waals surface area contributed by atoms with Crippen LogP contribution in [0.2, 0.25) is 0 Å². The van der Waals surface area contributed by atoms with Gasteiger partial charge in [0.15, 0.2) is 0 Å². The number of phenols is 1. The third-order valence-corrected chi connectivity index (χ3v) is 6.12. The van der Waals surface area contributed by atoms with Gasteiger partial charge in [-0.2, -0.15) is 15.0 Å². The number of hydrogen-bond donors (Lipinski definition) is 6. The van der Waals surface area contributed by atoms with Gasteiger partial charge in [0.2, 0.25) is 17.8 Å². The SMILES string of the molecule is CC(C)(C)NC(=O)c1ccc(Nc2nc(NCCOCCOCCNC(=O)c3ccccc3)nc(Nc3ccc(O)cc3)n2)cc1. The van der Waals surface area contributed by atoms with Crippen LogP contribution in [0.1, 0.15) is 41.5 Å². The lowest BCUT2D eigenvalue weighted by molar-refractivity contribution is 0.0519. The smallest absolute Gasteiger partial charge is 0.251 e. The number of nitrogens with one attached hydrogen (secondary N) is 5. The van der Waals surface area contributed by atoms with Crippen molar-refractivity contribution < 1.29 is 24.2 Å². The number of anilines is 5. The van der Waals surface area contributed by atoms with Crippen LogP contribution in [0.3, 0.4) is 0 Å². The van der Waals surface area contributed by atoms with E-state index in [9.17, 15) is 14.7 Å². The molecule has 0 aliphatic rings. The standard InChI is InChI=1S/C33H40N8O5/c1-33(2,3)41-29(44)24-9-11-25(12-10-24)36-31-38-30(39-32(40-31)37-26-13-15-27(42)16-14-26)35-18-20-46-22-21-45-19-17-34-28(43)23-7-5-4-6-8-23/h4-16,42H,17-22H2,1-3H3,(H,34,43)(H,41,44)(H3,35,36,37,38,39,40). The molecule has 242 valence electrons. The number of carbonyl (C=O) groups is 2. The Kier molecular flexibility index (Phi) is 12.2. The molecule has 2 amide bonds. The number of aromatic nitrogens is 3. The third-order valence-electron chi connectivity index (χ3n) is 6.12. The van der Waals surface area contributed by atoms with Gasteiger partial charge in [-0.3, -0.25) is 9.59 Å². The molecule has 0 spiro atoms. The minimum atomic E-state index is -0.342. The summed E-state index contributed by atoms with van der Waals surface area (Å²) in [5, 5.41) is 24.8. The van der Waals surface area contributed by atoms with E-state index in [1.165, 1.54) is 0 Å². The van der Waals surface area contributed by atoms with Gasteiger partial charge in [0.05, 0.1) is 26.4 Å². The highest BCUT2D eigenvalue weighted by Gasteiger charge is 2.15. The molecule has 0 radical (unpaired) electrons. The predicted molar refractivity (Wildman–Crippen MR) is 177 cm³/mol. The van der Waals surface area contributed by atoms with Crippen LogP contribution in [0.4, 0.5) is 29.2 Å². The molecule has 0 aliphatic carbocycles. The Hall–Kier alpha value is -5.27. The van der Waals surface area contributed by atoms with Crippen LogP contribution >= 0.6 is 0 Å². The molecule has 0 fully saturated rings. The zero-order valence-corrected chi connectivity index (χ0v) is 26.2. The molecule has 0 aliphatic heterocycles. The van der Waals surface area contributed by atoms with Crippen molar-refractivity contribution in [2.45, 2.75) is 26.3 Å². The summed E-state index contributed by atoms with van der Waals surface area (Å²) in [4.78, 5) is 37.9. The third kappa shape index (κ3) is 11.7. The fraction of sp³-hybridized carbons (Fsp3) is 0.303. The van der Waals surface area contributed by atoms with Gasteiger partial charge in [-0.15, -0.1) is 0 Å². The molecule has 46 heavy (non-hydrogen) atoms. The largest absolute Gasteiger partial charge is 0.508 e. The lowest BCUT2D eigenvalue weighted by Gasteiger charge is -2.20. The first-order valence-electron chi connectivity index (χ1n) is 14.9. The number of rotatable bonds is 16. The summed E-state index contributed by atoms with van der Waals surface area (Å²) in [6.07, 6.45) is 0. The van der Waals surface area contributed by atoms with Crippen LogP contribution in [0.15, 0.2) is 78.9 Å². The average molecular weight is 629 g/mol. The van der Waals surface area contributed by atoms with Crippen LogP contribution in [-0.4, -0.2) is 76.9 Å². The molecule has 6 N–H and O–H groups in total. The van der Waals surface area contributed by atoms with Crippen molar-refractivity contribution in [3.05, 3.63) is 90.0 Å². The molecule has 1 aromatic heterocycles. The number of nitrogens with zero attached hydrogens (tertiary/aromatic N) is 3. The first-order chi connectivity index (χ1) is 22.1. The Bertz CT molecular complexity index is 1550. The van der Waals surface area contributed by atoms with E-state index in [2.05, 4.69) is 41.5 Å². The average Bonchev–Trinajstić information content (AvgIpc) is 3.03. The van der Waals surface area contributed by atoms with E-state index >= 15 is 0 Å². The molecule has 1 heterocycles. The summed E-state index contributed by atoms with van der Waals surface area (Å²) in [5.41, 5.74) is 2.17. The highest BCUT2D eigenvalue weighted by Crippen LogP contribution is 2.21. The summed E-state index contributed by atoms with van der Waals surface area (Å²) in [7, 11) is 0. The summed E-state index contributed by atoms with van der Waals surface area (Å²) in [5.74, 6) is 0.718. The number of phenolic OH excluding ortho intramolecular Hbond substituents is 1. The van der Waals surface area contributed by atoms with Crippen molar-refractivity contribution >= 4 is 41.0 Å². The van der Waals surface area contributed by atoms with Crippen LogP contribution < -0.4 is 26.6 Å². The second-order valence-corrected chi connectivity index (χ2v) is 11.2. The van der Waals surface area contributed by atoms with Crippen molar-refractivity contribution in [2.75, 3.05) is 55.5 Å². The Morgan fingerprint density at radius 3 is 1.76 bits per heavy atom. The van der Waals surface area contributed by atoms with E-state index in [4.69, 9.17) is 9.47 Å². The minimum absolute atomic E-state index is 0.136. The van der Waals surface area contributed by atoms with Crippen LogP contribution in [0.5, 0.6) is 5.75 Å².